The average molecular weight is 202 g/mol. The van der Waals surface area contributed by atoms with Gasteiger partial charge in [0.1, 0.15) is 0 Å². The summed E-state index contributed by atoms with van der Waals surface area (Å²) >= 11 is 0. The molecule has 1 atom stereocenters. The Balaban J connectivity index is 2.51. The third kappa shape index (κ3) is 2.59. The molecule has 1 aliphatic heterocycles. The van der Waals surface area contributed by atoms with Crippen molar-refractivity contribution in [2.75, 3.05) is 26.2 Å². The summed E-state index contributed by atoms with van der Waals surface area (Å²) in [6.07, 6.45) is 0.360. The molecule has 0 radical (unpaired) electrons. The standard InChI is InChI=1S/C9H18N2O3/c1-3-6-14-8(12)11-5-4-10-7-9(11,2)13/h10,13H,3-7H2,1-2H3. The van der Waals surface area contributed by atoms with E-state index in [1.807, 2.05) is 6.92 Å². The first kappa shape index (κ1) is 11.3. The molecule has 0 aromatic rings. The number of piperazine rings is 1. The minimum atomic E-state index is -1.14. The third-order valence-corrected chi connectivity index (χ3v) is 2.20. The summed E-state index contributed by atoms with van der Waals surface area (Å²) in [6.45, 7) is 5.50. The number of hydrogen-bond acceptors (Lipinski definition) is 4. The molecule has 14 heavy (non-hydrogen) atoms. The van der Waals surface area contributed by atoms with Crippen LogP contribution in [0.15, 0.2) is 0 Å². The van der Waals surface area contributed by atoms with E-state index >= 15 is 0 Å². The van der Waals surface area contributed by atoms with Gasteiger partial charge in [0.25, 0.3) is 0 Å². The molecule has 0 aromatic heterocycles. The number of ether oxygens (including phenoxy) is 1. The minimum Gasteiger partial charge on any atom is -0.449 e. The third-order valence-electron chi connectivity index (χ3n) is 2.20. The first-order valence-corrected chi connectivity index (χ1v) is 4.95. The second-order valence-corrected chi connectivity index (χ2v) is 3.66. The number of amides is 1. The van der Waals surface area contributed by atoms with Crippen LogP contribution >= 0.6 is 0 Å². The molecule has 0 aromatic carbocycles. The van der Waals surface area contributed by atoms with Crippen LogP contribution in [0.3, 0.4) is 0 Å². The molecule has 1 unspecified atom stereocenters. The highest BCUT2D eigenvalue weighted by atomic mass is 16.6. The molecule has 1 heterocycles. The Bertz CT molecular complexity index is 206. The largest absolute Gasteiger partial charge is 0.449 e. The molecular weight excluding hydrogens is 184 g/mol. The van der Waals surface area contributed by atoms with E-state index in [1.165, 1.54) is 4.90 Å². The van der Waals surface area contributed by atoms with Crippen molar-refractivity contribution >= 4 is 6.09 Å². The lowest BCUT2D eigenvalue weighted by Crippen LogP contribution is -2.61. The number of nitrogens with one attached hydrogen (secondary N) is 1. The maximum atomic E-state index is 11.5. The van der Waals surface area contributed by atoms with Crippen molar-refractivity contribution in [3.05, 3.63) is 0 Å². The zero-order valence-corrected chi connectivity index (χ0v) is 8.75. The summed E-state index contributed by atoms with van der Waals surface area (Å²) in [5.74, 6) is 0. The highest BCUT2D eigenvalue weighted by Gasteiger charge is 2.36. The first-order chi connectivity index (χ1) is 6.58. The monoisotopic (exact) mass is 202 g/mol. The second-order valence-electron chi connectivity index (χ2n) is 3.66. The van der Waals surface area contributed by atoms with E-state index in [0.717, 1.165) is 6.42 Å². The van der Waals surface area contributed by atoms with Gasteiger partial charge in [-0.15, -0.1) is 0 Å². The van der Waals surface area contributed by atoms with Crippen LogP contribution < -0.4 is 5.32 Å². The van der Waals surface area contributed by atoms with Gasteiger partial charge in [0.2, 0.25) is 0 Å². The number of nitrogens with zero attached hydrogens (tertiary/aromatic N) is 1. The number of β-amino-alcohol motifs (C(OH)–C–C–N with tert-alkyl or cyclic N) is 1. The summed E-state index contributed by atoms with van der Waals surface area (Å²) in [5, 5.41) is 12.9. The van der Waals surface area contributed by atoms with Crippen LogP contribution in [0, 0.1) is 0 Å². The van der Waals surface area contributed by atoms with E-state index in [0.29, 0.717) is 26.2 Å². The van der Waals surface area contributed by atoms with Crippen LogP contribution in [0.25, 0.3) is 0 Å². The smallest absolute Gasteiger partial charge is 0.412 e. The molecule has 0 bridgehead atoms. The van der Waals surface area contributed by atoms with Crippen molar-refractivity contribution < 1.29 is 14.6 Å². The molecule has 1 amide bonds. The fourth-order valence-electron chi connectivity index (χ4n) is 1.41. The highest BCUT2D eigenvalue weighted by Crippen LogP contribution is 2.14. The first-order valence-electron chi connectivity index (χ1n) is 4.95. The zero-order valence-electron chi connectivity index (χ0n) is 8.75. The van der Waals surface area contributed by atoms with E-state index in [9.17, 15) is 9.90 Å². The van der Waals surface area contributed by atoms with Crippen molar-refractivity contribution in [3.8, 4) is 0 Å². The lowest BCUT2D eigenvalue weighted by atomic mass is 10.2. The van der Waals surface area contributed by atoms with E-state index < -0.39 is 11.8 Å². The molecule has 1 fully saturated rings. The van der Waals surface area contributed by atoms with Crippen molar-refractivity contribution in [1.82, 2.24) is 10.2 Å². The molecule has 1 aliphatic rings. The Morgan fingerprint density at radius 3 is 3.00 bits per heavy atom. The number of rotatable bonds is 2. The van der Waals surface area contributed by atoms with Gasteiger partial charge in [-0.05, 0) is 13.3 Å². The fraction of sp³-hybridized carbons (Fsp3) is 0.889. The van der Waals surface area contributed by atoms with Gasteiger partial charge in [-0.3, -0.25) is 4.90 Å². The van der Waals surface area contributed by atoms with Crippen molar-refractivity contribution in [1.29, 1.82) is 0 Å². The molecule has 5 nitrogen and oxygen atoms in total. The number of aliphatic hydroxyl groups is 1. The summed E-state index contributed by atoms with van der Waals surface area (Å²) < 4.78 is 4.97. The predicted molar refractivity (Wildman–Crippen MR) is 51.8 cm³/mol. The van der Waals surface area contributed by atoms with E-state index in [-0.39, 0.29) is 0 Å². The van der Waals surface area contributed by atoms with Crippen LogP contribution in [0.1, 0.15) is 20.3 Å². The summed E-state index contributed by atoms with van der Waals surface area (Å²) in [4.78, 5) is 12.8. The second kappa shape index (κ2) is 4.61. The van der Waals surface area contributed by atoms with Crippen molar-refractivity contribution in [2.24, 2.45) is 0 Å². The molecule has 5 heteroatoms. The maximum absolute atomic E-state index is 11.5. The van der Waals surface area contributed by atoms with Gasteiger partial charge in [-0.25, -0.2) is 4.79 Å². The summed E-state index contributed by atoms with van der Waals surface area (Å²) in [7, 11) is 0. The average Bonchev–Trinajstić information content (AvgIpc) is 2.13. The van der Waals surface area contributed by atoms with Crippen molar-refractivity contribution in [3.63, 3.8) is 0 Å². The van der Waals surface area contributed by atoms with Gasteiger partial charge >= 0.3 is 6.09 Å². The molecule has 0 saturated carbocycles. The Morgan fingerprint density at radius 2 is 2.43 bits per heavy atom. The van der Waals surface area contributed by atoms with Gasteiger partial charge in [0, 0.05) is 19.6 Å². The van der Waals surface area contributed by atoms with Crippen LogP contribution in [0.2, 0.25) is 0 Å². The fourth-order valence-corrected chi connectivity index (χ4v) is 1.41. The topological polar surface area (TPSA) is 61.8 Å². The Hall–Kier alpha value is -0.810. The number of hydrogen-bond donors (Lipinski definition) is 2. The van der Waals surface area contributed by atoms with Gasteiger partial charge in [-0.1, -0.05) is 6.92 Å². The molecular formula is C9H18N2O3. The molecule has 0 aliphatic carbocycles. The minimum absolute atomic E-state index is 0.383. The van der Waals surface area contributed by atoms with E-state index in [2.05, 4.69) is 5.32 Å². The van der Waals surface area contributed by atoms with Gasteiger partial charge in [-0.2, -0.15) is 0 Å². The molecule has 0 spiro atoms. The van der Waals surface area contributed by atoms with Gasteiger partial charge in [0.05, 0.1) is 6.61 Å². The van der Waals surface area contributed by atoms with Gasteiger partial charge < -0.3 is 15.2 Å². The van der Waals surface area contributed by atoms with Crippen LogP contribution in [0.4, 0.5) is 4.79 Å². The predicted octanol–water partition coefficient (Wildman–Crippen LogP) is 0.147. The Morgan fingerprint density at radius 1 is 1.71 bits per heavy atom. The lowest BCUT2D eigenvalue weighted by molar-refractivity contribution is -0.0934. The lowest BCUT2D eigenvalue weighted by Gasteiger charge is -2.40. The van der Waals surface area contributed by atoms with Gasteiger partial charge in [0.15, 0.2) is 5.72 Å². The molecule has 2 N–H and O–H groups in total. The van der Waals surface area contributed by atoms with Crippen LogP contribution in [0.5, 0.6) is 0 Å². The summed E-state index contributed by atoms with van der Waals surface area (Å²) in [6, 6.07) is 0. The maximum Gasteiger partial charge on any atom is 0.412 e. The molecule has 1 saturated heterocycles. The normalized spacial score (nSPS) is 27.5. The summed E-state index contributed by atoms with van der Waals surface area (Å²) in [5.41, 5.74) is -1.14. The van der Waals surface area contributed by atoms with E-state index in [1.54, 1.807) is 6.92 Å². The SMILES string of the molecule is CCCOC(=O)N1CCNCC1(C)O. The Labute approximate surface area is 84.0 Å². The highest BCUT2D eigenvalue weighted by molar-refractivity contribution is 5.68. The Kier molecular flexibility index (Phi) is 3.71. The molecule has 82 valence electrons. The van der Waals surface area contributed by atoms with Crippen molar-refractivity contribution in [2.45, 2.75) is 26.0 Å². The number of carbonyl (C=O) groups is 1. The van der Waals surface area contributed by atoms with E-state index in [4.69, 9.17) is 4.74 Å². The van der Waals surface area contributed by atoms with Crippen LogP contribution in [-0.2, 0) is 4.74 Å². The van der Waals surface area contributed by atoms with Crippen LogP contribution in [-0.4, -0.2) is 48.1 Å². The number of carbonyl (C=O) groups excluding carboxylic acids is 1. The zero-order chi connectivity index (χ0) is 10.6. The molecule has 1 rings (SSSR count). The quantitative estimate of drug-likeness (QED) is 0.669.